The summed E-state index contributed by atoms with van der Waals surface area (Å²) < 4.78 is 0. The molecule has 1 atom stereocenters. The van der Waals surface area contributed by atoms with Gasteiger partial charge in [-0.3, -0.25) is 14.9 Å². The van der Waals surface area contributed by atoms with Crippen molar-refractivity contribution in [3.8, 4) is 0 Å². The summed E-state index contributed by atoms with van der Waals surface area (Å²) in [4.78, 5) is 24.5. The Hall–Kier alpha value is -1.91. The Balaban J connectivity index is 2.50. The molecule has 1 aromatic carbocycles. The number of fused-ring (bicyclic) bond motifs is 1. The maximum atomic E-state index is 12.4. The first-order valence-corrected chi connectivity index (χ1v) is 6.04. The summed E-state index contributed by atoms with van der Waals surface area (Å²) >= 11 is 0. The van der Waals surface area contributed by atoms with Crippen molar-refractivity contribution in [3.63, 3.8) is 0 Å². The van der Waals surface area contributed by atoms with Crippen LogP contribution in [-0.4, -0.2) is 23.9 Å². The highest BCUT2D eigenvalue weighted by Gasteiger charge is 2.50. The van der Waals surface area contributed by atoms with Crippen molar-refractivity contribution in [2.75, 3.05) is 18.0 Å². The standard InChI is InChI=1S/C13H16N2O3/c1-3-8-14-11-7-5-4-6-10(11)13(2,12(14)16)9-15(17)18/h4-7H,3,8-9H2,1-2H3. The maximum absolute atomic E-state index is 12.4. The molecule has 96 valence electrons. The van der Waals surface area contributed by atoms with Crippen LogP contribution in [0.5, 0.6) is 0 Å². The second-order valence-corrected chi connectivity index (χ2v) is 4.80. The Kier molecular flexibility index (Phi) is 3.07. The minimum atomic E-state index is -1.03. The van der Waals surface area contributed by atoms with Gasteiger partial charge in [0.25, 0.3) is 0 Å². The molecule has 0 radical (unpaired) electrons. The summed E-state index contributed by atoms with van der Waals surface area (Å²) in [6.45, 7) is 3.89. The van der Waals surface area contributed by atoms with E-state index in [1.54, 1.807) is 11.8 Å². The fraction of sp³-hybridized carbons (Fsp3) is 0.462. The molecule has 1 unspecified atom stereocenters. The molecule has 1 aliphatic rings. The lowest BCUT2D eigenvalue weighted by molar-refractivity contribution is -0.487. The lowest BCUT2D eigenvalue weighted by atomic mass is 9.84. The Morgan fingerprint density at radius 2 is 2.06 bits per heavy atom. The van der Waals surface area contributed by atoms with Gasteiger partial charge >= 0.3 is 0 Å². The second-order valence-electron chi connectivity index (χ2n) is 4.80. The molecule has 0 spiro atoms. The van der Waals surface area contributed by atoms with E-state index >= 15 is 0 Å². The van der Waals surface area contributed by atoms with Gasteiger partial charge in [-0.1, -0.05) is 25.1 Å². The number of carbonyl (C=O) groups is 1. The van der Waals surface area contributed by atoms with Gasteiger partial charge in [0.2, 0.25) is 12.5 Å². The third-order valence-electron chi connectivity index (χ3n) is 3.40. The van der Waals surface area contributed by atoms with Crippen LogP contribution in [0.4, 0.5) is 5.69 Å². The van der Waals surface area contributed by atoms with E-state index in [2.05, 4.69) is 0 Å². The first-order chi connectivity index (χ1) is 8.50. The Labute approximate surface area is 106 Å². The van der Waals surface area contributed by atoms with Crippen molar-refractivity contribution < 1.29 is 9.72 Å². The Bertz CT molecular complexity index is 501. The zero-order valence-corrected chi connectivity index (χ0v) is 10.5. The normalized spacial score (nSPS) is 22.1. The van der Waals surface area contributed by atoms with Crippen LogP contribution in [0.1, 0.15) is 25.8 Å². The number of anilines is 1. The molecule has 0 N–H and O–H groups in total. The molecule has 1 heterocycles. The monoisotopic (exact) mass is 248 g/mol. The summed E-state index contributed by atoms with van der Waals surface area (Å²) in [6, 6.07) is 7.34. The highest BCUT2D eigenvalue weighted by atomic mass is 16.6. The molecule has 0 saturated carbocycles. The van der Waals surface area contributed by atoms with E-state index in [1.165, 1.54) is 0 Å². The van der Waals surface area contributed by atoms with Crippen LogP contribution < -0.4 is 4.90 Å². The van der Waals surface area contributed by atoms with Gasteiger partial charge < -0.3 is 4.90 Å². The van der Waals surface area contributed by atoms with Gasteiger partial charge in [-0.05, 0) is 25.0 Å². The SMILES string of the molecule is CCCN1C(=O)C(C)(C[N+](=O)[O-])c2ccccc21. The number of para-hydroxylation sites is 1. The van der Waals surface area contributed by atoms with Crippen molar-refractivity contribution in [1.82, 2.24) is 0 Å². The summed E-state index contributed by atoms with van der Waals surface area (Å²) in [6.07, 6.45) is 0.828. The molecule has 1 amide bonds. The van der Waals surface area contributed by atoms with Crippen molar-refractivity contribution in [3.05, 3.63) is 39.9 Å². The minimum Gasteiger partial charge on any atom is -0.311 e. The largest absolute Gasteiger partial charge is 0.311 e. The molecule has 0 aromatic heterocycles. The number of hydrogen-bond donors (Lipinski definition) is 0. The highest BCUT2D eigenvalue weighted by molar-refractivity contribution is 6.07. The lowest BCUT2D eigenvalue weighted by Crippen LogP contribution is -2.43. The van der Waals surface area contributed by atoms with Crippen molar-refractivity contribution in [1.29, 1.82) is 0 Å². The van der Waals surface area contributed by atoms with Crippen LogP contribution in [0.25, 0.3) is 0 Å². The third-order valence-corrected chi connectivity index (χ3v) is 3.40. The van der Waals surface area contributed by atoms with E-state index in [4.69, 9.17) is 0 Å². The van der Waals surface area contributed by atoms with E-state index in [9.17, 15) is 14.9 Å². The average molecular weight is 248 g/mol. The molecule has 18 heavy (non-hydrogen) atoms. The number of nitro groups is 1. The molecule has 0 saturated heterocycles. The lowest BCUT2D eigenvalue weighted by Gasteiger charge is -2.20. The van der Waals surface area contributed by atoms with Gasteiger partial charge in [0.1, 0.15) is 5.41 Å². The van der Waals surface area contributed by atoms with Gasteiger partial charge in [0, 0.05) is 17.2 Å². The predicted molar refractivity (Wildman–Crippen MR) is 68.3 cm³/mol. The molecular weight excluding hydrogens is 232 g/mol. The quantitative estimate of drug-likeness (QED) is 0.604. The zero-order chi connectivity index (χ0) is 13.3. The Morgan fingerprint density at radius 3 is 2.67 bits per heavy atom. The van der Waals surface area contributed by atoms with E-state index in [0.717, 1.165) is 17.7 Å². The first-order valence-electron chi connectivity index (χ1n) is 6.04. The molecule has 1 aromatic rings. The fourth-order valence-corrected chi connectivity index (χ4v) is 2.55. The minimum absolute atomic E-state index is 0.165. The van der Waals surface area contributed by atoms with Crippen molar-refractivity contribution in [2.45, 2.75) is 25.7 Å². The summed E-state index contributed by atoms with van der Waals surface area (Å²) in [5.74, 6) is -0.165. The summed E-state index contributed by atoms with van der Waals surface area (Å²) in [5, 5.41) is 10.8. The van der Waals surface area contributed by atoms with Gasteiger partial charge in [-0.2, -0.15) is 0 Å². The summed E-state index contributed by atoms with van der Waals surface area (Å²) in [7, 11) is 0. The number of benzene rings is 1. The number of amides is 1. The van der Waals surface area contributed by atoms with Crippen LogP contribution in [0.15, 0.2) is 24.3 Å². The second kappa shape index (κ2) is 4.40. The number of hydrogen-bond acceptors (Lipinski definition) is 3. The smallest absolute Gasteiger partial charge is 0.244 e. The zero-order valence-electron chi connectivity index (χ0n) is 10.5. The summed E-state index contributed by atoms with van der Waals surface area (Å²) in [5.41, 5.74) is 0.545. The molecule has 0 bridgehead atoms. The fourth-order valence-electron chi connectivity index (χ4n) is 2.55. The van der Waals surface area contributed by atoms with Crippen LogP contribution in [0, 0.1) is 10.1 Å². The maximum Gasteiger partial charge on any atom is 0.244 e. The first kappa shape index (κ1) is 12.5. The van der Waals surface area contributed by atoms with Crippen molar-refractivity contribution in [2.24, 2.45) is 0 Å². The van der Waals surface area contributed by atoms with Gasteiger partial charge in [0.15, 0.2) is 0 Å². The van der Waals surface area contributed by atoms with E-state index in [0.29, 0.717) is 6.54 Å². The number of nitrogens with zero attached hydrogens (tertiary/aromatic N) is 2. The predicted octanol–water partition coefficient (Wildman–Crippen LogP) is 1.98. The Morgan fingerprint density at radius 1 is 1.39 bits per heavy atom. The molecular formula is C13H16N2O3. The van der Waals surface area contributed by atoms with Crippen LogP contribution >= 0.6 is 0 Å². The molecule has 2 rings (SSSR count). The van der Waals surface area contributed by atoms with Crippen LogP contribution in [0.2, 0.25) is 0 Å². The molecule has 0 aliphatic carbocycles. The molecule has 1 aliphatic heterocycles. The average Bonchev–Trinajstić information content (AvgIpc) is 2.52. The van der Waals surface area contributed by atoms with Gasteiger partial charge in [-0.15, -0.1) is 0 Å². The van der Waals surface area contributed by atoms with Gasteiger partial charge in [-0.25, -0.2) is 0 Å². The molecule has 5 nitrogen and oxygen atoms in total. The van der Waals surface area contributed by atoms with E-state index in [-0.39, 0.29) is 12.5 Å². The highest BCUT2D eigenvalue weighted by Crippen LogP contribution is 2.41. The van der Waals surface area contributed by atoms with E-state index < -0.39 is 10.3 Å². The van der Waals surface area contributed by atoms with Gasteiger partial charge in [0.05, 0.1) is 0 Å². The number of carbonyl (C=O) groups excluding carboxylic acids is 1. The van der Waals surface area contributed by atoms with Crippen LogP contribution in [0.3, 0.4) is 0 Å². The molecule has 5 heteroatoms. The number of rotatable bonds is 4. The molecule has 0 fully saturated rings. The van der Waals surface area contributed by atoms with Crippen molar-refractivity contribution >= 4 is 11.6 Å². The van der Waals surface area contributed by atoms with Crippen LogP contribution in [-0.2, 0) is 10.2 Å². The topological polar surface area (TPSA) is 63.5 Å². The van der Waals surface area contributed by atoms with E-state index in [1.807, 2.05) is 31.2 Å². The third kappa shape index (κ3) is 1.75.